The molecule has 0 bridgehead atoms. The first-order valence-corrected chi connectivity index (χ1v) is 7.39. The molecular formula is C16H13Cl2NO2. The first kappa shape index (κ1) is 14.4. The van der Waals surface area contributed by atoms with Crippen LogP contribution in [0.25, 0.3) is 0 Å². The van der Waals surface area contributed by atoms with Crippen molar-refractivity contribution >= 4 is 29.2 Å². The molecule has 1 saturated carbocycles. The van der Waals surface area contributed by atoms with Crippen LogP contribution in [0.5, 0.6) is 0 Å². The lowest BCUT2D eigenvalue weighted by Gasteiger charge is -2.15. The van der Waals surface area contributed by atoms with E-state index in [4.69, 9.17) is 27.9 Å². The van der Waals surface area contributed by atoms with Gasteiger partial charge in [0.15, 0.2) is 0 Å². The molecular weight excluding hydrogens is 309 g/mol. The largest absolute Gasteiger partial charge is 0.460 e. The number of carbonyl (C=O) groups excluding carboxylic acids is 1. The summed E-state index contributed by atoms with van der Waals surface area (Å²) in [5, 5.41) is 1.05. The van der Waals surface area contributed by atoms with Crippen LogP contribution in [0.1, 0.15) is 24.0 Å². The van der Waals surface area contributed by atoms with Gasteiger partial charge in [0, 0.05) is 16.8 Å². The van der Waals surface area contributed by atoms with E-state index in [9.17, 15) is 4.79 Å². The summed E-state index contributed by atoms with van der Waals surface area (Å²) in [6, 6.07) is 10.9. The van der Waals surface area contributed by atoms with Crippen LogP contribution in [-0.4, -0.2) is 11.0 Å². The molecule has 5 heteroatoms. The Kier molecular flexibility index (Phi) is 3.87. The molecule has 108 valence electrons. The van der Waals surface area contributed by atoms with Crippen molar-refractivity contribution in [2.75, 3.05) is 0 Å². The van der Waals surface area contributed by atoms with Gasteiger partial charge < -0.3 is 4.74 Å². The zero-order valence-corrected chi connectivity index (χ0v) is 12.7. The summed E-state index contributed by atoms with van der Waals surface area (Å²) in [7, 11) is 0. The number of halogens is 2. The minimum atomic E-state index is -0.523. The second kappa shape index (κ2) is 5.66. The Hall–Kier alpha value is -1.58. The molecule has 1 heterocycles. The molecule has 1 fully saturated rings. The average molecular weight is 322 g/mol. The van der Waals surface area contributed by atoms with E-state index in [-0.39, 0.29) is 12.6 Å². The van der Waals surface area contributed by atoms with Crippen LogP contribution in [0.2, 0.25) is 10.2 Å². The lowest BCUT2D eigenvalue weighted by molar-refractivity contribution is -0.148. The summed E-state index contributed by atoms with van der Waals surface area (Å²) >= 11 is 11.7. The molecule has 0 amide bonds. The maximum Gasteiger partial charge on any atom is 0.316 e. The highest BCUT2D eigenvalue weighted by molar-refractivity contribution is 6.30. The Morgan fingerprint density at radius 1 is 1.24 bits per heavy atom. The fraction of sp³-hybridized carbons (Fsp3) is 0.250. The number of aromatic nitrogens is 1. The normalized spacial score (nSPS) is 15.5. The molecule has 0 spiro atoms. The Balaban J connectivity index is 1.69. The molecule has 1 aromatic heterocycles. The van der Waals surface area contributed by atoms with E-state index in [0.717, 1.165) is 24.0 Å². The quantitative estimate of drug-likeness (QED) is 0.627. The summed E-state index contributed by atoms with van der Waals surface area (Å²) < 4.78 is 5.42. The number of hydrogen-bond acceptors (Lipinski definition) is 3. The molecule has 3 rings (SSSR count). The van der Waals surface area contributed by atoms with Crippen LogP contribution in [-0.2, 0) is 21.6 Å². The van der Waals surface area contributed by atoms with Gasteiger partial charge in [0.25, 0.3) is 0 Å². The van der Waals surface area contributed by atoms with Gasteiger partial charge in [-0.25, -0.2) is 4.98 Å². The molecule has 3 nitrogen and oxygen atoms in total. The molecule has 0 unspecified atom stereocenters. The topological polar surface area (TPSA) is 39.2 Å². The maximum atomic E-state index is 12.4. The van der Waals surface area contributed by atoms with Gasteiger partial charge >= 0.3 is 5.97 Å². The predicted molar refractivity (Wildman–Crippen MR) is 81.4 cm³/mol. The predicted octanol–water partition coefficient (Wildman–Crippen LogP) is 4.16. The number of benzene rings is 1. The third-order valence-electron chi connectivity index (χ3n) is 3.68. The zero-order chi connectivity index (χ0) is 14.9. The molecule has 0 N–H and O–H groups in total. The summed E-state index contributed by atoms with van der Waals surface area (Å²) in [6.07, 6.45) is 3.20. The molecule has 1 aliphatic rings. The summed E-state index contributed by atoms with van der Waals surface area (Å²) in [6.45, 7) is 0.200. The van der Waals surface area contributed by atoms with Gasteiger partial charge in [-0.05, 0) is 36.6 Å². The monoisotopic (exact) mass is 321 g/mol. The zero-order valence-electron chi connectivity index (χ0n) is 11.2. The summed E-state index contributed by atoms with van der Waals surface area (Å²) in [5.74, 6) is -0.209. The van der Waals surface area contributed by atoms with Gasteiger partial charge in [-0.1, -0.05) is 41.4 Å². The third-order valence-corrected chi connectivity index (χ3v) is 4.14. The Bertz CT molecular complexity index is 666. The highest BCUT2D eigenvalue weighted by Crippen LogP contribution is 2.49. The molecule has 1 aromatic carbocycles. The smallest absolute Gasteiger partial charge is 0.316 e. The summed E-state index contributed by atoms with van der Waals surface area (Å²) in [4.78, 5) is 16.3. The number of rotatable bonds is 4. The Morgan fingerprint density at radius 2 is 2.05 bits per heavy atom. The van der Waals surface area contributed by atoms with E-state index in [2.05, 4.69) is 4.98 Å². The van der Waals surface area contributed by atoms with Gasteiger partial charge in [0.05, 0.1) is 5.41 Å². The number of carbonyl (C=O) groups is 1. The molecule has 2 aromatic rings. The molecule has 0 saturated heterocycles. The first-order valence-electron chi connectivity index (χ1n) is 6.64. The van der Waals surface area contributed by atoms with Gasteiger partial charge in [0.2, 0.25) is 0 Å². The van der Waals surface area contributed by atoms with Crippen LogP contribution in [0.4, 0.5) is 0 Å². The minimum absolute atomic E-state index is 0.200. The van der Waals surface area contributed by atoms with Crippen LogP contribution >= 0.6 is 23.2 Å². The first-order chi connectivity index (χ1) is 10.1. The van der Waals surface area contributed by atoms with Crippen molar-refractivity contribution in [2.45, 2.75) is 24.9 Å². The van der Waals surface area contributed by atoms with Crippen molar-refractivity contribution < 1.29 is 9.53 Å². The second-order valence-corrected chi connectivity index (χ2v) is 5.98. The van der Waals surface area contributed by atoms with Gasteiger partial charge in [-0.15, -0.1) is 0 Å². The SMILES string of the molecule is O=C(OCc1ccc(Cl)nc1)C1(c2cccc(Cl)c2)CC1. The van der Waals surface area contributed by atoms with E-state index >= 15 is 0 Å². The van der Waals surface area contributed by atoms with Crippen molar-refractivity contribution in [2.24, 2.45) is 0 Å². The number of hydrogen-bond donors (Lipinski definition) is 0. The molecule has 1 aliphatic carbocycles. The lowest BCUT2D eigenvalue weighted by Crippen LogP contribution is -2.23. The average Bonchev–Trinajstić information content (AvgIpc) is 3.28. The summed E-state index contributed by atoms with van der Waals surface area (Å²) in [5.41, 5.74) is 1.22. The molecule has 0 radical (unpaired) electrons. The fourth-order valence-corrected chi connectivity index (χ4v) is 2.60. The fourth-order valence-electron chi connectivity index (χ4n) is 2.30. The highest BCUT2D eigenvalue weighted by Gasteiger charge is 2.52. The lowest BCUT2D eigenvalue weighted by atomic mass is 9.96. The number of ether oxygens (including phenoxy) is 1. The van der Waals surface area contributed by atoms with E-state index in [0.29, 0.717) is 10.2 Å². The second-order valence-electron chi connectivity index (χ2n) is 5.16. The van der Waals surface area contributed by atoms with Crippen LogP contribution in [0.3, 0.4) is 0 Å². The molecule has 0 atom stereocenters. The van der Waals surface area contributed by atoms with Crippen molar-refractivity contribution in [3.63, 3.8) is 0 Å². The molecule has 21 heavy (non-hydrogen) atoms. The van der Waals surface area contributed by atoms with Crippen LogP contribution in [0, 0.1) is 0 Å². The van der Waals surface area contributed by atoms with E-state index < -0.39 is 5.41 Å². The standard InChI is InChI=1S/C16H13Cl2NO2/c17-13-3-1-2-12(8-13)16(6-7-16)15(20)21-10-11-4-5-14(18)19-9-11/h1-5,8-9H,6-7,10H2. The number of esters is 1. The Morgan fingerprint density at radius 3 is 2.67 bits per heavy atom. The van der Waals surface area contributed by atoms with Gasteiger partial charge in [-0.3, -0.25) is 4.79 Å². The minimum Gasteiger partial charge on any atom is -0.460 e. The van der Waals surface area contributed by atoms with Crippen molar-refractivity contribution in [1.29, 1.82) is 0 Å². The van der Waals surface area contributed by atoms with Gasteiger partial charge in [0.1, 0.15) is 11.8 Å². The van der Waals surface area contributed by atoms with Crippen molar-refractivity contribution in [1.82, 2.24) is 4.98 Å². The maximum absolute atomic E-state index is 12.4. The number of nitrogens with zero attached hydrogens (tertiary/aromatic N) is 1. The van der Waals surface area contributed by atoms with Crippen LogP contribution in [0.15, 0.2) is 42.6 Å². The third kappa shape index (κ3) is 3.04. The Labute approximate surface area is 132 Å². The van der Waals surface area contributed by atoms with Crippen molar-refractivity contribution in [3.05, 3.63) is 63.9 Å². The van der Waals surface area contributed by atoms with E-state index in [1.54, 1.807) is 24.4 Å². The van der Waals surface area contributed by atoms with E-state index in [1.807, 2.05) is 18.2 Å². The van der Waals surface area contributed by atoms with Crippen LogP contribution < -0.4 is 0 Å². The van der Waals surface area contributed by atoms with Crippen molar-refractivity contribution in [3.8, 4) is 0 Å². The highest BCUT2D eigenvalue weighted by atomic mass is 35.5. The number of pyridine rings is 1. The van der Waals surface area contributed by atoms with Gasteiger partial charge in [-0.2, -0.15) is 0 Å². The van der Waals surface area contributed by atoms with E-state index in [1.165, 1.54) is 0 Å². The molecule has 0 aliphatic heterocycles.